The van der Waals surface area contributed by atoms with Crippen molar-refractivity contribution >= 4 is 0 Å². The third kappa shape index (κ3) is 3.89. The Morgan fingerprint density at radius 2 is 1.81 bits per heavy atom. The maximum absolute atomic E-state index is 12.3. The molecular weight excluding hydrogens is 283 g/mol. The topological polar surface area (TPSA) is 32.7 Å². The summed E-state index contributed by atoms with van der Waals surface area (Å²) >= 11 is 0. The Labute approximate surface area is 122 Å². The average molecular weight is 303 g/mol. The van der Waals surface area contributed by atoms with Gasteiger partial charge in [0.2, 0.25) is 0 Å². The number of likely N-dealkylation sites (tertiary alicyclic amines) is 1. The van der Waals surface area contributed by atoms with Gasteiger partial charge < -0.3 is 9.84 Å². The van der Waals surface area contributed by atoms with E-state index in [1.165, 1.54) is 18.2 Å². The summed E-state index contributed by atoms with van der Waals surface area (Å²) in [4.78, 5) is 2.16. The molecule has 1 fully saturated rings. The van der Waals surface area contributed by atoms with Gasteiger partial charge in [0.25, 0.3) is 0 Å². The van der Waals surface area contributed by atoms with Gasteiger partial charge >= 0.3 is 6.36 Å². The number of benzene rings is 1. The fourth-order valence-electron chi connectivity index (χ4n) is 2.76. The number of hydrogen-bond donors (Lipinski definition) is 1. The monoisotopic (exact) mass is 303 g/mol. The molecule has 0 bridgehead atoms. The van der Waals surface area contributed by atoms with Gasteiger partial charge in [-0.1, -0.05) is 12.1 Å². The maximum atomic E-state index is 12.3. The molecule has 2 rings (SSSR count). The first-order valence-electron chi connectivity index (χ1n) is 6.99. The van der Waals surface area contributed by atoms with E-state index >= 15 is 0 Å². The average Bonchev–Trinajstić information content (AvgIpc) is 2.90. The minimum atomic E-state index is -4.73. The summed E-state index contributed by atoms with van der Waals surface area (Å²) in [7, 11) is 0. The van der Waals surface area contributed by atoms with Crippen LogP contribution in [0.3, 0.4) is 0 Å². The quantitative estimate of drug-likeness (QED) is 0.924. The van der Waals surface area contributed by atoms with Crippen molar-refractivity contribution in [2.45, 2.75) is 44.7 Å². The van der Waals surface area contributed by atoms with Gasteiger partial charge in [0.1, 0.15) is 5.75 Å². The van der Waals surface area contributed by atoms with E-state index in [1.807, 2.05) is 13.8 Å². The first-order chi connectivity index (χ1) is 9.70. The van der Waals surface area contributed by atoms with Gasteiger partial charge in [-0.25, -0.2) is 0 Å². The van der Waals surface area contributed by atoms with Crippen LogP contribution < -0.4 is 4.74 Å². The number of aliphatic hydroxyl groups is 1. The highest BCUT2D eigenvalue weighted by atomic mass is 19.4. The normalized spacial score (nSPS) is 18.8. The van der Waals surface area contributed by atoms with Crippen LogP contribution in [0.4, 0.5) is 13.2 Å². The summed E-state index contributed by atoms with van der Waals surface area (Å²) in [5.74, 6) is -0.309. The van der Waals surface area contributed by atoms with E-state index in [9.17, 15) is 18.3 Å². The standard InChI is InChI=1S/C15H20F3NO2/c1-14(2,19-8-3-4-9-19)13(20)11-6-5-7-12(10-11)21-15(16,17)18/h5-7,10,13,20H,3-4,8-9H2,1-2H3. The summed E-state index contributed by atoms with van der Waals surface area (Å²) in [6.45, 7) is 5.59. The van der Waals surface area contributed by atoms with Gasteiger partial charge in [0, 0.05) is 5.54 Å². The number of aliphatic hydroxyl groups excluding tert-OH is 1. The van der Waals surface area contributed by atoms with Crippen molar-refractivity contribution in [1.82, 2.24) is 4.90 Å². The van der Waals surface area contributed by atoms with Crippen LogP contribution in [0.5, 0.6) is 5.75 Å². The van der Waals surface area contributed by atoms with Gasteiger partial charge in [-0.3, -0.25) is 4.90 Å². The molecule has 0 aliphatic carbocycles. The van der Waals surface area contributed by atoms with Crippen LogP contribution in [-0.4, -0.2) is 35.0 Å². The van der Waals surface area contributed by atoms with Crippen molar-refractivity contribution in [2.75, 3.05) is 13.1 Å². The van der Waals surface area contributed by atoms with E-state index in [4.69, 9.17) is 0 Å². The fraction of sp³-hybridized carbons (Fsp3) is 0.600. The lowest BCUT2D eigenvalue weighted by atomic mass is 9.89. The Morgan fingerprint density at radius 1 is 1.19 bits per heavy atom. The Hall–Kier alpha value is -1.27. The molecule has 1 aliphatic rings. The van der Waals surface area contributed by atoms with Gasteiger partial charge in [-0.2, -0.15) is 0 Å². The number of nitrogens with zero attached hydrogens (tertiary/aromatic N) is 1. The predicted octanol–water partition coefficient (Wildman–Crippen LogP) is 3.49. The highest BCUT2D eigenvalue weighted by molar-refractivity contribution is 5.31. The van der Waals surface area contributed by atoms with Crippen LogP contribution in [0.15, 0.2) is 24.3 Å². The molecule has 1 saturated heterocycles. The van der Waals surface area contributed by atoms with Crippen molar-refractivity contribution in [1.29, 1.82) is 0 Å². The first kappa shape index (κ1) is 16.1. The molecule has 0 aromatic heterocycles. The third-order valence-corrected chi connectivity index (χ3v) is 4.00. The first-order valence-corrected chi connectivity index (χ1v) is 6.99. The molecule has 1 aromatic carbocycles. The van der Waals surface area contributed by atoms with Crippen molar-refractivity contribution in [3.05, 3.63) is 29.8 Å². The SMILES string of the molecule is CC(C)(C(O)c1cccc(OC(F)(F)F)c1)N1CCCC1. The van der Waals surface area contributed by atoms with Gasteiger partial charge in [-0.15, -0.1) is 13.2 Å². The van der Waals surface area contributed by atoms with Crippen molar-refractivity contribution in [3.8, 4) is 5.75 Å². The Morgan fingerprint density at radius 3 is 2.38 bits per heavy atom. The van der Waals surface area contributed by atoms with Gasteiger partial charge in [0.05, 0.1) is 6.10 Å². The molecule has 0 radical (unpaired) electrons. The Balaban J connectivity index is 2.18. The predicted molar refractivity (Wildman–Crippen MR) is 73.0 cm³/mol. The van der Waals surface area contributed by atoms with E-state index in [0.29, 0.717) is 5.56 Å². The molecule has 21 heavy (non-hydrogen) atoms. The van der Waals surface area contributed by atoms with Crippen LogP contribution in [-0.2, 0) is 0 Å². The molecule has 1 aromatic rings. The van der Waals surface area contributed by atoms with Crippen molar-refractivity contribution in [3.63, 3.8) is 0 Å². The van der Waals surface area contributed by atoms with Crippen LogP contribution in [0.2, 0.25) is 0 Å². The number of hydrogen-bond acceptors (Lipinski definition) is 3. The molecule has 3 nitrogen and oxygen atoms in total. The van der Waals surface area contributed by atoms with Crippen LogP contribution in [0.1, 0.15) is 38.4 Å². The van der Waals surface area contributed by atoms with E-state index in [2.05, 4.69) is 9.64 Å². The fourth-order valence-corrected chi connectivity index (χ4v) is 2.76. The molecular formula is C15H20F3NO2. The second-order valence-electron chi connectivity index (χ2n) is 5.87. The summed E-state index contributed by atoms with van der Waals surface area (Å²) in [6.07, 6.45) is -3.46. The number of rotatable bonds is 4. The molecule has 1 heterocycles. The second-order valence-corrected chi connectivity index (χ2v) is 5.87. The molecule has 1 atom stereocenters. The molecule has 0 spiro atoms. The van der Waals surface area contributed by atoms with Crippen LogP contribution >= 0.6 is 0 Å². The van der Waals surface area contributed by atoms with E-state index in [1.54, 1.807) is 6.07 Å². The van der Waals surface area contributed by atoms with Crippen LogP contribution in [0.25, 0.3) is 0 Å². The van der Waals surface area contributed by atoms with E-state index in [-0.39, 0.29) is 5.75 Å². The minimum Gasteiger partial charge on any atom is -0.406 e. The summed E-state index contributed by atoms with van der Waals surface area (Å²) in [6, 6.07) is 5.55. The number of ether oxygens (including phenoxy) is 1. The smallest absolute Gasteiger partial charge is 0.406 e. The zero-order valence-corrected chi connectivity index (χ0v) is 12.2. The zero-order chi connectivity index (χ0) is 15.7. The highest BCUT2D eigenvalue weighted by Crippen LogP contribution is 2.35. The van der Waals surface area contributed by atoms with Crippen LogP contribution in [0, 0.1) is 0 Å². The Kier molecular flexibility index (Phi) is 4.49. The van der Waals surface area contributed by atoms with Gasteiger partial charge in [-0.05, 0) is 57.5 Å². The van der Waals surface area contributed by atoms with Crippen molar-refractivity contribution in [2.24, 2.45) is 0 Å². The molecule has 1 unspecified atom stereocenters. The number of alkyl halides is 3. The van der Waals surface area contributed by atoms with E-state index < -0.39 is 18.0 Å². The summed E-state index contributed by atoms with van der Waals surface area (Å²) in [5, 5.41) is 10.6. The van der Waals surface area contributed by atoms with E-state index in [0.717, 1.165) is 25.9 Å². The summed E-state index contributed by atoms with van der Waals surface area (Å²) < 4.78 is 40.7. The third-order valence-electron chi connectivity index (χ3n) is 4.00. The minimum absolute atomic E-state index is 0.309. The molecule has 0 amide bonds. The second kappa shape index (κ2) is 5.85. The zero-order valence-electron chi connectivity index (χ0n) is 12.2. The molecule has 118 valence electrons. The molecule has 0 saturated carbocycles. The highest BCUT2D eigenvalue weighted by Gasteiger charge is 2.37. The summed E-state index contributed by atoms with van der Waals surface area (Å²) in [5.41, 5.74) is -0.110. The van der Waals surface area contributed by atoms with Gasteiger partial charge in [0.15, 0.2) is 0 Å². The molecule has 6 heteroatoms. The largest absolute Gasteiger partial charge is 0.573 e. The lowest BCUT2D eigenvalue weighted by Crippen LogP contribution is -2.46. The maximum Gasteiger partial charge on any atom is 0.573 e. The number of halogens is 3. The molecule has 1 N–H and O–H groups in total. The van der Waals surface area contributed by atoms with Crippen molar-refractivity contribution < 1.29 is 23.0 Å². The lowest BCUT2D eigenvalue weighted by Gasteiger charge is -2.39. The molecule has 1 aliphatic heterocycles. The Bertz CT molecular complexity index is 482. The lowest BCUT2D eigenvalue weighted by molar-refractivity contribution is -0.274.